The minimum absolute atomic E-state index is 0.0119. The average Bonchev–Trinajstić information content (AvgIpc) is 2.74. The summed E-state index contributed by atoms with van der Waals surface area (Å²) in [6.07, 6.45) is 10.3. The van der Waals surface area contributed by atoms with Gasteiger partial charge in [0.05, 0.1) is 5.69 Å². The van der Waals surface area contributed by atoms with Gasteiger partial charge in [0.2, 0.25) is 5.91 Å². The molecule has 3 rings (SSSR count). The second kappa shape index (κ2) is 11.5. The van der Waals surface area contributed by atoms with E-state index in [4.69, 9.17) is 0 Å². The van der Waals surface area contributed by atoms with Crippen molar-refractivity contribution in [3.63, 3.8) is 0 Å². The van der Waals surface area contributed by atoms with Gasteiger partial charge in [-0.2, -0.15) is 0 Å². The van der Waals surface area contributed by atoms with E-state index in [1.807, 2.05) is 30.5 Å². The highest BCUT2D eigenvalue weighted by Gasteiger charge is 2.22. The fraction of sp³-hybridized carbons (Fsp3) is 0.636. The first-order chi connectivity index (χ1) is 14.1. The number of thioether (sulfide) groups is 1. The van der Waals surface area contributed by atoms with Crippen LogP contribution in [0.1, 0.15) is 51.4 Å². The predicted octanol–water partition coefficient (Wildman–Crippen LogP) is 3.83. The minimum Gasteiger partial charge on any atom is -0.335 e. The van der Waals surface area contributed by atoms with Gasteiger partial charge in [0.15, 0.2) is 0 Å². The molecule has 3 amide bonds. The van der Waals surface area contributed by atoms with Crippen LogP contribution in [0.2, 0.25) is 0 Å². The maximum Gasteiger partial charge on any atom is 0.315 e. The lowest BCUT2D eigenvalue weighted by Gasteiger charge is -2.32. The predicted molar refractivity (Wildman–Crippen MR) is 119 cm³/mol. The van der Waals surface area contributed by atoms with Crippen LogP contribution >= 0.6 is 11.8 Å². The van der Waals surface area contributed by atoms with Crippen molar-refractivity contribution in [3.05, 3.63) is 24.3 Å². The van der Waals surface area contributed by atoms with Crippen LogP contribution < -0.4 is 16.0 Å². The van der Waals surface area contributed by atoms with Gasteiger partial charge >= 0.3 is 6.03 Å². The molecular formula is C22H34N4O2S. The third kappa shape index (κ3) is 7.23. The molecule has 0 radical (unpaired) electrons. The number of carbonyl (C=O) groups excluding carboxylic acids is 2. The molecule has 6 nitrogen and oxygen atoms in total. The summed E-state index contributed by atoms with van der Waals surface area (Å²) in [5.41, 5.74) is 0.886. The number of likely N-dealkylation sites (tertiary alicyclic amines) is 1. The summed E-state index contributed by atoms with van der Waals surface area (Å²) >= 11 is 1.63. The highest BCUT2D eigenvalue weighted by atomic mass is 32.2. The lowest BCUT2D eigenvalue weighted by molar-refractivity contribution is -0.116. The summed E-state index contributed by atoms with van der Waals surface area (Å²) in [7, 11) is 0. The molecule has 29 heavy (non-hydrogen) atoms. The molecule has 1 aromatic carbocycles. The number of hydrogen-bond donors (Lipinski definition) is 3. The number of piperidine rings is 1. The molecule has 2 fully saturated rings. The van der Waals surface area contributed by atoms with E-state index < -0.39 is 0 Å². The molecule has 0 atom stereocenters. The van der Waals surface area contributed by atoms with Gasteiger partial charge in [-0.15, -0.1) is 11.8 Å². The number of rotatable bonds is 7. The molecule has 0 aromatic heterocycles. The van der Waals surface area contributed by atoms with E-state index in [1.165, 1.54) is 19.3 Å². The van der Waals surface area contributed by atoms with Crippen molar-refractivity contribution in [1.29, 1.82) is 0 Å². The van der Waals surface area contributed by atoms with Crippen molar-refractivity contribution in [3.8, 4) is 0 Å². The van der Waals surface area contributed by atoms with Gasteiger partial charge in [-0.05, 0) is 44.1 Å². The maximum atomic E-state index is 12.3. The first-order valence-electron chi connectivity index (χ1n) is 10.9. The number of carbonyl (C=O) groups is 2. The van der Waals surface area contributed by atoms with Crippen LogP contribution in [-0.4, -0.2) is 54.8 Å². The van der Waals surface area contributed by atoms with E-state index in [-0.39, 0.29) is 18.0 Å². The summed E-state index contributed by atoms with van der Waals surface area (Å²) in [5.74, 6) is 0.0543. The zero-order valence-corrected chi connectivity index (χ0v) is 18.2. The van der Waals surface area contributed by atoms with E-state index >= 15 is 0 Å². The van der Waals surface area contributed by atoms with Crippen molar-refractivity contribution in [2.45, 2.75) is 68.3 Å². The Balaban J connectivity index is 1.32. The van der Waals surface area contributed by atoms with Crippen LogP contribution in [-0.2, 0) is 4.79 Å². The van der Waals surface area contributed by atoms with E-state index in [2.05, 4.69) is 20.9 Å². The van der Waals surface area contributed by atoms with Gasteiger partial charge in [0.25, 0.3) is 0 Å². The summed E-state index contributed by atoms with van der Waals surface area (Å²) in [6, 6.07) is 8.45. The van der Waals surface area contributed by atoms with Crippen LogP contribution in [0.15, 0.2) is 29.2 Å². The lowest BCUT2D eigenvalue weighted by Crippen LogP contribution is -2.50. The molecule has 1 saturated carbocycles. The maximum absolute atomic E-state index is 12.3. The van der Waals surface area contributed by atoms with E-state index in [0.29, 0.717) is 12.5 Å². The zero-order chi connectivity index (χ0) is 20.5. The Labute approximate surface area is 178 Å². The van der Waals surface area contributed by atoms with Crippen LogP contribution in [0.5, 0.6) is 0 Å². The highest BCUT2D eigenvalue weighted by Crippen LogP contribution is 2.24. The molecule has 1 heterocycles. The summed E-state index contributed by atoms with van der Waals surface area (Å²) < 4.78 is 0. The molecule has 1 aromatic rings. The summed E-state index contributed by atoms with van der Waals surface area (Å²) in [6.45, 7) is 2.60. The van der Waals surface area contributed by atoms with Crippen LogP contribution in [0.3, 0.4) is 0 Å². The summed E-state index contributed by atoms with van der Waals surface area (Å²) in [5, 5.41) is 9.29. The average molecular weight is 419 g/mol. The van der Waals surface area contributed by atoms with Crippen molar-refractivity contribution in [2.24, 2.45) is 0 Å². The topological polar surface area (TPSA) is 73.5 Å². The van der Waals surface area contributed by atoms with Crippen LogP contribution in [0.25, 0.3) is 0 Å². The quantitative estimate of drug-likeness (QED) is 0.589. The van der Waals surface area contributed by atoms with Gasteiger partial charge < -0.3 is 20.9 Å². The first kappa shape index (κ1) is 22.0. The molecule has 1 aliphatic heterocycles. The highest BCUT2D eigenvalue weighted by molar-refractivity contribution is 7.98. The SMILES string of the molecule is CSc1ccccc1NC(=O)CCN1CCC(NC(=O)NC2CCCCC2)CC1. The molecule has 1 aliphatic carbocycles. The Bertz CT molecular complexity index is 671. The number of benzene rings is 1. The van der Waals surface area contributed by atoms with E-state index in [0.717, 1.165) is 55.9 Å². The van der Waals surface area contributed by atoms with E-state index in [9.17, 15) is 9.59 Å². The number of hydrogen-bond acceptors (Lipinski definition) is 4. The first-order valence-corrected chi connectivity index (χ1v) is 12.1. The Morgan fingerprint density at radius 2 is 1.66 bits per heavy atom. The number of urea groups is 1. The largest absolute Gasteiger partial charge is 0.335 e. The molecule has 0 spiro atoms. The molecule has 3 N–H and O–H groups in total. The molecule has 1 saturated heterocycles. The lowest BCUT2D eigenvalue weighted by atomic mass is 9.96. The monoisotopic (exact) mass is 418 g/mol. The number of nitrogens with zero attached hydrogens (tertiary/aromatic N) is 1. The van der Waals surface area contributed by atoms with Crippen LogP contribution in [0.4, 0.5) is 10.5 Å². The molecule has 2 aliphatic rings. The number of nitrogens with one attached hydrogen (secondary N) is 3. The fourth-order valence-corrected chi connectivity index (χ4v) is 4.73. The third-order valence-corrected chi connectivity index (χ3v) is 6.70. The standard InChI is InChI=1S/C22H34N4O2S/c1-29-20-10-6-5-9-19(20)25-21(27)13-16-26-14-11-18(12-15-26)24-22(28)23-17-7-3-2-4-8-17/h5-6,9-10,17-18H,2-4,7-8,11-16H2,1H3,(H,25,27)(H2,23,24,28). The molecule has 0 bridgehead atoms. The molecule has 160 valence electrons. The molecular weight excluding hydrogens is 384 g/mol. The Morgan fingerprint density at radius 1 is 1.00 bits per heavy atom. The Kier molecular flexibility index (Phi) is 8.68. The second-order valence-corrected chi connectivity index (χ2v) is 8.92. The third-order valence-electron chi connectivity index (χ3n) is 5.90. The van der Waals surface area contributed by atoms with Gasteiger partial charge in [-0.3, -0.25) is 4.79 Å². The Morgan fingerprint density at radius 3 is 2.34 bits per heavy atom. The van der Waals surface area contributed by atoms with Gasteiger partial charge in [-0.1, -0.05) is 31.4 Å². The minimum atomic E-state index is -0.0119. The van der Waals surface area contributed by atoms with Crippen LogP contribution in [0, 0.1) is 0 Å². The number of para-hydroxylation sites is 1. The molecule has 0 unspecified atom stereocenters. The zero-order valence-electron chi connectivity index (χ0n) is 17.4. The van der Waals surface area contributed by atoms with Gasteiger partial charge in [-0.25, -0.2) is 4.79 Å². The van der Waals surface area contributed by atoms with Crippen molar-refractivity contribution in [1.82, 2.24) is 15.5 Å². The van der Waals surface area contributed by atoms with Crippen molar-refractivity contribution >= 4 is 29.4 Å². The molecule has 7 heteroatoms. The number of amides is 3. The second-order valence-electron chi connectivity index (χ2n) is 8.07. The number of anilines is 1. The fourth-order valence-electron chi connectivity index (χ4n) is 4.18. The Hall–Kier alpha value is -1.73. The van der Waals surface area contributed by atoms with Crippen molar-refractivity contribution < 1.29 is 9.59 Å². The summed E-state index contributed by atoms with van der Waals surface area (Å²) in [4.78, 5) is 27.9. The van der Waals surface area contributed by atoms with Gasteiger partial charge in [0.1, 0.15) is 0 Å². The van der Waals surface area contributed by atoms with Gasteiger partial charge in [0, 0.05) is 43.0 Å². The normalized spacial score (nSPS) is 18.9. The van der Waals surface area contributed by atoms with E-state index in [1.54, 1.807) is 11.8 Å². The smallest absolute Gasteiger partial charge is 0.315 e. The van der Waals surface area contributed by atoms with Crippen molar-refractivity contribution in [2.75, 3.05) is 31.2 Å².